The Labute approximate surface area is 90.4 Å². The summed E-state index contributed by atoms with van der Waals surface area (Å²) in [6.45, 7) is 3.55. The maximum absolute atomic E-state index is 5.56. The van der Waals surface area contributed by atoms with Crippen LogP contribution in [-0.4, -0.2) is 28.8 Å². The van der Waals surface area contributed by atoms with Crippen LogP contribution >= 0.6 is 0 Å². The van der Waals surface area contributed by atoms with Crippen LogP contribution in [0.25, 0.3) is 0 Å². The zero-order valence-electron chi connectivity index (χ0n) is 9.22. The number of ether oxygens (including phenoxy) is 1. The summed E-state index contributed by atoms with van der Waals surface area (Å²) in [6.07, 6.45) is 7.42. The minimum absolute atomic E-state index is 0.452. The molecule has 84 valence electrons. The molecule has 1 aromatic rings. The Morgan fingerprint density at radius 2 is 2.40 bits per heavy atom. The van der Waals surface area contributed by atoms with Crippen molar-refractivity contribution >= 4 is 0 Å². The lowest BCUT2D eigenvalue weighted by Gasteiger charge is -2.36. The molecule has 4 heteroatoms. The van der Waals surface area contributed by atoms with Crippen molar-refractivity contribution in [1.29, 1.82) is 0 Å². The van der Waals surface area contributed by atoms with Gasteiger partial charge in [0.1, 0.15) is 0 Å². The van der Waals surface area contributed by atoms with Crippen LogP contribution in [0.3, 0.4) is 0 Å². The molecule has 2 rings (SSSR count). The van der Waals surface area contributed by atoms with Crippen LogP contribution in [0.1, 0.15) is 31.5 Å². The van der Waals surface area contributed by atoms with Crippen molar-refractivity contribution in [3.63, 3.8) is 0 Å². The van der Waals surface area contributed by atoms with Gasteiger partial charge in [-0.15, -0.1) is 0 Å². The van der Waals surface area contributed by atoms with Gasteiger partial charge in [-0.2, -0.15) is 0 Å². The Balaban J connectivity index is 1.91. The highest BCUT2D eigenvalue weighted by atomic mass is 16.5. The molecule has 1 aromatic heterocycles. The molecule has 0 amide bonds. The molecule has 0 atom stereocenters. The van der Waals surface area contributed by atoms with Gasteiger partial charge in [-0.05, 0) is 26.3 Å². The summed E-state index contributed by atoms with van der Waals surface area (Å²) in [5, 5.41) is 0. The van der Waals surface area contributed by atoms with E-state index in [9.17, 15) is 0 Å². The van der Waals surface area contributed by atoms with Crippen molar-refractivity contribution in [3.05, 3.63) is 18.2 Å². The first kappa shape index (κ1) is 10.6. The third-order valence-electron chi connectivity index (χ3n) is 3.01. The van der Waals surface area contributed by atoms with Crippen molar-refractivity contribution < 1.29 is 4.74 Å². The lowest BCUT2D eigenvalue weighted by atomic mass is 9.88. The molecule has 1 saturated carbocycles. The fourth-order valence-corrected chi connectivity index (χ4v) is 2.14. The van der Waals surface area contributed by atoms with Crippen LogP contribution in [0, 0.1) is 0 Å². The van der Waals surface area contributed by atoms with Gasteiger partial charge in [0.2, 0.25) is 0 Å². The van der Waals surface area contributed by atoms with E-state index in [1.807, 2.05) is 19.4 Å². The molecule has 1 aliphatic rings. The number of nitrogens with two attached hydrogens (primary N) is 1. The van der Waals surface area contributed by atoms with E-state index in [1.165, 1.54) is 5.69 Å². The molecule has 0 aliphatic heterocycles. The zero-order valence-corrected chi connectivity index (χ0v) is 9.22. The average molecular weight is 209 g/mol. The van der Waals surface area contributed by atoms with E-state index in [1.54, 1.807) is 0 Å². The van der Waals surface area contributed by atoms with E-state index in [2.05, 4.69) is 9.55 Å². The number of hydrogen-bond donors (Lipinski definition) is 1. The van der Waals surface area contributed by atoms with Crippen molar-refractivity contribution in [2.45, 2.75) is 38.3 Å². The second-order valence-electron chi connectivity index (χ2n) is 4.03. The zero-order chi connectivity index (χ0) is 10.7. The summed E-state index contributed by atoms with van der Waals surface area (Å²) >= 11 is 0. The largest absolute Gasteiger partial charge is 0.378 e. The lowest BCUT2D eigenvalue weighted by Crippen LogP contribution is -2.34. The van der Waals surface area contributed by atoms with Crippen molar-refractivity contribution in [1.82, 2.24) is 9.55 Å². The van der Waals surface area contributed by atoms with Gasteiger partial charge in [0, 0.05) is 31.0 Å². The van der Waals surface area contributed by atoms with Crippen LogP contribution in [0.5, 0.6) is 0 Å². The van der Waals surface area contributed by atoms with E-state index >= 15 is 0 Å². The maximum atomic E-state index is 5.56. The fourth-order valence-electron chi connectivity index (χ4n) is 2.14. The van der Waals surface area contributed by atoms with E-state index in [0.717, 1.165) is 25.9 Å². The predicted molar refractivity (Wildman–Crippen MR) is 58.7 cm³/mol. The molecular formula is C11H19N3O. The summed E-state index contributed by atoms with van der Waals surface area (Å²) in [7, 11) is 0. The van der Waals surface area contributed by atoms with Crippen LogP contribution in [0.2, 0.25) is 0 Å². The summed E-state index contributed by atoms with van der Waals surface area (Å²) in [6, 6.07) is 0.575. The van der Waals surface area contributed by atoms with Gasteiger partial charge in [-0.3, -0.25) is 0 Å². The molecule has 1 fully saturated rings. The molecule has 0 radical (unpaired) electrons. The molecular weight excluding hydrogens is 190 g/mol. The summed E-state index contributed by atoms with van der Waals surface area (Å²) in [5.41, 5.74) is 6.81. The molecule has 1 heterocycles. The first-order chi connectivity index (χ1) is 7.35. The van der Waals surface area contributed by atoms with E-state index in [-0.39, 0.29) is 0 Å². The van der Waals surface area contributed by atoms with Gasteiger partial charge in [0.05, 0.1) is 12.4 Å². The molecule has 1 aliphatic carbocycles. The highest BCUT2D eigenvalue weighted by Gasteiger charge is 2.31. The van der Waals surface area contributed by atoms with Gasteiger partial charge in [-0.25, -0.2) is 4.98 Å². The molecule has 4 nitrogen and oxygen atoms in total. The van der Waals surface area contributed by atoms with Crippen LogP contribution < -0.4 is 5.73 Å². The highest BCUT2D eigenvalue weighted by Crippen LogP contribution is 2.35. The van der Waals surface area contributed by atoms with Crippen LogP contribution in [-0.2, 0) is 11.2 Å². The van der Waals surface area contributed by atoms with Crippen LogP contribution in [0.15, 0.2) is 12.5 Å². The maximum Gasteiger partial charge on any atom is 0.0950 e. The average Bonchev–Trinajstić information content (AvgIpc) is 2.59. The Kier molecular flexibility index (Phi) is 3.38. The number of hydrogen-bond acceptors (Lipinski definition) is 3. The molecule has 0 aromatic carbocycles. The minimum Gasteiger partial charge on any atom is -0.378 e. The van der Waals surface area contributed by atoms with Crippen molar-refractivity contribution in [2.24, 2.45) is 5.73 Å². The predicted octanol–water partition coefficient (Wildman–Crippen LogP) is 1.12. The third-order valence-corrected chi connectivity index (χ3v) is 3.01. The fraction of sp³-hybridized carbons (Fsp3) is 0.727. The number of nitrogens with zero attached hydrogens (tertiary/aromatic N) is 2. The molecule has 0 spiro atoms. The first-order valence-corrected chi connectivity index (χ1v) is 5.67. The van der Waals surface area contributed by atoms with Gasteiger partial charge in [0.25, 0.3) is 0 Å². The summed E-state index contributed by atoms with van der Waals surface area (Å²) < 4.78 is 7.80. The second kappa shape index (κ2) is 4.77. The molecule has 15 heavy (non-hydrogen) atoms. The number of rotatable bonds is 5. The highest BCUT2D eigenvalue weighted by molar-refractivity contribution is 5.03. The van der Waals surface area contributed by atoms with Gasteiger partial charge in [0.15, 0.2) is 0 Å². The summed E-state index contributed by atoms with van der Waals surface area (Å²) in [4.78, 5) is 4.18. The van der Waals surface area contributed by atoms with E-state index in [4.69, 9.17) is 10.5 Å². The van der Waals surface area contributed by atoms with Crippen molar-refractivity contribution in [2.75, 3.05) is 13.2 Å². The number of imidazole rings is 1. The molecule has 0 unspecified atom stereocenters. The molecule has 0 saturated heterocycles. The topological polar surface area (TPSA) is 53.1 Å². The quantitative estimate of drug-likeness (QED) is 0.790. The molecule has 0 bridgehead atoms. The van der Waals surface area contributed by atoms with Crippen molar-refractivity contribution in [3.8, 4) is 0 Å². The smallest absolute Gasteiger partial charge is 0.0950 e. The van der Waals surface area contributed by atoms with Gasteiger partial charge < -0.3 is 15.0 Å². The van der Waals surface area contributed by atoms with Gasteiger partial charge in [-0.1, -0.05) is 0 Å². The first-order valence-electron chi connectivity index (χ1n) is 5.67. The minimum atomic E-state index is 0.452. The Hall–Kier alpha value is -0.870. The lowest BCUT2D eigenvalue weighted by molar-refractivity contribution is -0.0202. The SMILES string of the molecule is CCOC1CC(n2cncc2CCN)C1. The molecule has 2 N–H and O–H groups in total. The van der Waals surface area contributed by atoms with Crippen LogP contribution in [0.4, 0.5) is 0 Å². The number of aromatic nitrogens is 2. The Morgan fingerprint density at radius 1 is 1.60 bits per heavy atom. The van der Waals surface area contributed by atoms with Gasteiger partial charge >= 0.3 is 0 Å². The second-order valence-corrected chi connectivity index (χ2v) is 4.03. The Bertz CT molecular complexity index is 305. The monoisotopic (exact) mass is 209 g/mol. The third kappa shape index (κ3) is 2.21. The van der Waals surface area contributed by atoms with E-state index < -0.39 is 0 Å². The van der Waals surface area contributed by atoms with E-state index in [0.29, 0.717) is 18.7 Å². The normalized spacial score (nSPS) is 25.2. The standard InChI is InChI=1S/C11H19N3O/c1-2-15-11-5-10(6-11)14-8-13-7-9(14)3-4-12/h7-8,10-11H,2-6,12H2,1H3. The summed E-state index contributed by atoms with van der Waals surface area (Å²) in [5.74, 6) is 0. The Morgan fingerprint density at radius 3 is 3.07 bits per heavy atom.